The number of halogens is 1. The monoisotopic (exact) mass is 517 g/mol. The highest BCUT2D eigenvalue weighted by atomic mass is 19.1. The van der Waals surface area contributed by atoms with E-state index >= 15 is 0 Å². The summed E-state index contributed by atoms with van der Waals surface area (Å²) in [7, 11) is 0. The number of rotatable bonds is 5. The molecular formula is C29H32FN5O3. The van der Waals surface area contributed by atoms with Crippen LogP contribution in [0.5, 0.6) is 0 Å². The summed E-state index contributed by atoms with van der Waals surface area (Å²) >= 11 is 0. The van der Waals surface area contributed by atoms with Gasteiger partial charge in [0.1, 0.15) is 5.82 Å². The summed E-state index contributed by atoms with van der Waals surface area (Å²) < 4.78 is 20.7. The third-order valence-electron chi connectivity index (χ3n) is 7.96. The van der Waals surface area contributed by atoms with Crippen LogP contribution in [0.3, 0.4) is 0 Å². The number of nitrogens with one attached hydrogen (secondary N) is 1. The zero-order valence-corrected chi connectivity index (χ0v) is 21.6. The number of hydrogen-bond acceptors (Lipinski definition) is 5. The molecule has 0 unspecified atom stereocenters. The van der Waals surface area contributed by atoms with Gasteiger partial charge in [-0.15, -0.1) is 0 Å². The van der Waals surface area contributed by atoms with Gasteiger partial charge in [-0.2, -0.15) is 5.10 Å². The van der Waals surface area contributed by atoms with Gasteiger partial charge in [-0.05, 0) is 61.6 Å². The van der Waals surface area contributed by atoms with Crippen molar-refractivity contribution in [1.82, 2.24) is 24.6 Å². The minimum absolute atomic E-state index is 0.0130. The van der Waals surface area contributed by atoms with Gasteiger partial charge in [-0.1, -0.05) is 12.1 Å². The Morgan fingerprint density at radius 1 is 1.08 bits per heavy atom. The highest BCUT2D eigenvalue weighted by molar-refractivity contribution is 6.07. The van der Waals surface area contributed by atoms with Crippen LogP contribution in [0, 0.1) is 12.7 Å². The summed E-state index contributed by atoms with van der Waals surface area (Å²) in [5, 5.41) is 5.98. The molecular weight excluding hydrogens is 485 g/mol. The SMILES string of the molecule is Cc1cc2[nH]c(=O)c3cnn(C4CCOCC4)c3c2cc1C(=O)N1CCN(CCc2ccc(F)cc2)CC1. The summed E-state index contributed by atoms with van der Waals surface area (Å²) in [6, 6.07) is 10.7. The second-order valence-electron chi connectivity index (χ2n) is 10.4. The predicted octanol–water partition coefficient (Wildman–Crippen LogP) is 3.68. The number of aryl methyl sites for hydroxylation is 1. The molecule has 8 nitrogen and oxygen atoms in total. The Morgan fingerprint density at radius 3 is 2.55 bits per heavy atom. The van der Waals surface area contributed by atoms with E-state index in [1.54, 1.807) is 6.20 Å². The number of aromatic nitrogens is 3. The number of aromatic amines is 1. The van der Waals surface area contributed by atoms with Crippen molar-refractivity contribution in [3.05, 3.63) is 75.5 Å². The second kappa shape index (κ2) is 10.3. The average Bonchev–Trinajstić information content (AvgIpc) is 3.39. The van der Waals surface area contributed by atoms with Gasteiger partial charge in [0.05, 0.1) is 28.7 Å². The van der Waals surface area contributed by atoms with Gasteiger partial charge < -0.3 is 14.6 Å². The molecule has 0 aliphatic carbocycles. The Hall–Kier alpha value is -3.56. The molecule has 198 valence electrons. The van der Waals surface area contributed by atoms with Crippen LogP contribution in [-0.2, 0) is 11.2 Å². The van der Waals surface area contributed by atoms with Crippen LogP contribution in [0.4, 0.5) is 4.39 Å². The molecule has 0 spiro atoms. The summed E-state index contributed by atoms with van der Waals surface area (Å²) in [6.45, 7) is 7.05. The van der Waals surface area contributed by atoms with Crippen LogP contribution < -0.4 is 5.56 Å². The zero-order valence-electron chi connectivity index (χ0n) is 21.6. The Labute approximate surface area is 220 Å². The lowest BCUT2D eigenvalue weighted by atomic mass is 10.0. The fourth-order valence-corrected chi connectivity index (χ4v) is 5.71. The van der Waals surface area contributed by atoms with Crippen molar-refractivity contribution in [1.29, 1.82) is 0 Å². The summed E-state index contributed by atoms with van der Waals surface area (Å²) in [5.74, 6) is -0.205. The van der Waals surface area contributed by atoms with E-state index in [2.05, 4.69) is 15.0 Å². The average molecular weight is 518 g/mol. The Bertz CT molecular complexity index is 1530. The minimum Gasteiger partial charge on any atom is -0.381 e. The Morgan fingerprint density at radius 2 is 1.82 bits per heavy atom. The molecule has 4 heterocycles. The Balaban J connectivity index is 1.23. The smallest absolute Gasteiger partial charge is 0.259 e. The highest BCUT2D eigenvalue weighted by Crippen LogP contribution is 2.30. The molecule has 4 aromatic rings. The van der Waals surface area contributed by atoms with Crippen molar-refractivity contribution in [2.75, 3.05) is 45.9 Å². The van der Waals surface area contributed by atoms with Crippen LogP contribution in [0.25, 0.3) is 21.8 Å². The number of nitrogens with zero attached hydrogens (tertiary/aromatic N) is 4. The molecule has 1 amide bonds. The number of piperazine rings is 1. The van der Waals surface area contributed by atoms with Gasteiger partial charge in [-0.25, -0.2) is 4.39 Å². The second-order valence-corrected chi connectivity index (χ2v) is 10.4. The largest absolute Gasteiger partial charge is 0.381 e. The normalized spacial score (nSPS) is 17.5. The summed E-state index contributed by atoms with van der Waals surface area (Å²) in [6.07, 6.45) is 4.17. The van der Waals surface area contributed by atoms with E-state index in [4.69, 9.17) is 4.74 Å². The molecule has 2 aliphatic rings. The van der Waals surface area contributed by atoms with Gasteiger partial charge >= 0.3 is 0 Å². The van der Waals surface area contributed by atoms with Crippen molar-refractivity contribution < 1.29 is 13.9 Å². The van der Waals surface area contributed by atoms with E-state index in [0.717, 1.165) is 66.4 Å². The van der Waals surface area contributed by atoms with E-state index in [-0.39, 0.29) is 23.3 Å². The molecule has 0 radical (unpaired) electrons. The summed E-state index contributed by atoms with van der Waals surface area (Å²) in [4.78, 5) is 33.7. The van der Waals surface area contributed by atoms with E-state index in [0.29, 0.717) is 37.3 Å². The molecule has 1 N–H and O–H groups in total. The molecule has 0 bridgehead atoms. The molecule has 38 heavy (non-hydrogen) atoms. The number of benzene rings is 2. The van der Waals surface area contributed by atoms with Gasteiger partial charge in [0, 0.05) is 56.9 Å². The molecule has 2 aromatic heterocycles. The molecule has 0 atom stereocenters. The van der Waals surface area contributed by atoms with E-state index in [1.165, 1.54) is 12.1 Å². The van der Waals surface area contributed by atoms with Crippen molar-refractivity contribution in [3.63, 3.8) is 0 Å². The van der Waals surface area contributed by atoms with Crippen LogP contribution in [0.15, 0.2) is 47.4 Å². The van der Waals surface area contributed by atoms with E-state index in [1.807, 2.05) is 40.8 Å². The molecule has 2 aromatic carbocycles. The predicted molar refractivity (Wildman–Crippen MR) is 144 cm³/mol. The van der Waals surface area contributed by atoms with Crippen molar-refractivity contribution in [2.45, 2.75) is 32.2 Å². The van der Waals surface area contributed by atoms with Gasteiger partial charge in [-0.3, -0.25) is 19.2 Å². The first-order chi connectivity index (χ1) is 18.5. The van der Waals surface area contributed by atoms with Gasteiger partial charge in [0.25, 0.3) is 11.5 Å². The molecule has 2 aliphatic heterocycles. The van der Waals surface area contributed by atoms with E-state index in [9.17, 15) is 14.0 Å². The maximum absolute atomic E-state index is 13.7. The van der Waals surface area contributed by atoms with Crippen LogP contribution in [0.2, 0.25) is 0 Å². The van der Waals surface area contributed by atoms with Crippen LogP contribution in [0.1, 0.15) is 40.4 Å². The molecule has 2 saturated heterocycles. The van der Waals surface area contributed by atoms with Crippen LogP contribution in [-0.4, -0.2) is 76.4 Å². The molecule has 0 saturated carbocycles. The molecule has 9 heteroatoms. The Kier molecular flexibility index (Phi) is 6.71. The summed E-state index contributed by atoms with van der Waals surface area (Å²) in [5.41, 5.74) is 3.95. The van der Waals surface area contributed by atoms with Crippen LogP contribution >= 0.6 is 0 Å². The lowest BCUT2D eigenvalue weighted by Gasteiger charge is -2.35. The maximum atomic E-state index is 13.7. The standard InChI is InChI=1S/C29H32FN5O3/c1-19-16-26-24(27-25(28(36)32-26)18-31-35(27)22-7-14-38-15-8-22)17-23(19)29(37)34-12-10-33(11-13-34)9-6-20-2-4-21(30)5-3-20/h2-5,16-18,22H,6-15H2,1H3,(H,32,36). The third kappa shape index (κ3) is 4.72. The van der Waals surface area contributed by atoms with Gasteiger partial charge in [0.15, 0.2) is 0 Å². The topological polar surface area (TPSA) is 83.5 Å². The number of hydrogen-bond donors (Lipinski definition) is 1. The first-order valence-corrected chi connectivity index (χ1v) is 13.4. The fraction of sp³-hybridized carbons (Fsp3) is 0.414. The molecule has 6 rings (SSSR count). The van der Waals surface area contributed by atoms with Crippen molar-refractivity contribution in [3.8, 4) is 0 Å². The fourth-order valence-electron chi connectivity index (χ4n) is 5.71. The number of fused-ring (bicyclic) bond motifs is 3. The lowest BCUT2D eigenvalue weighted by molar-refractivity contribution is 0.0638. The number of pyridine rings is 1. The highest BCUT2D eigenvalue weighted by Gasteiger charge is 2.25. The van der Waals surface area contributed by atoms with Gasteiger partial charge in [0.2, 0.25) is 0 Å². The number of amides is 1. The number of ether oxygens (including phenoxy) is 1. The quantitative estimate of drug-likeness (QED) is 0.437. The first kappa shape index (κ1) is 24.8. The molecule has 2 fully saturated rings. The number of carbonyl (C=O) groups excluding carboxylic acids is 1. The van der Waals surface area contributed by atoms with E-state index < -0.39 is 0 Å². The van der Waals surface area contributed by atoms with Crippen molar-refractivity contribution >= 4 is 27.7 Å². The first-order valence-electron chi connectivity index (χ1n) is 13.4. The van der Waals surface area contributed by atoms with Crippen molar-refractivity contribution in [2.24, 2.45) is 0 Å². The number of carbonyl (C=O) groups is 1. The third-order valence-corrected chi connectivity index (χ3v) is 7.96. The lowest BCUT2D eigenvalue weighted by Crippen LogP contribution is -2.49. The zero-order chi connectivity index (χ0) is 26.2. The maximum Gasteiger partial charge on any atom is 0.259 e. The minimum atomic E-state index is -0.218. The number of H-pyrrole nitrogens is 1.